The Morgan fingerprint density at radius 1 is 0.880 bits per heavy atom. The van der Waals surface area contributed by atoms with Crippen LogP contribution >= 0.6 is 0 Å². The molecule has 0 atom stereocenters. The molecule has 0 amide bonds. The fraction of sp³-hybridized carbons (Fsp3) is 0.500. The van der Waals surface area contributed by atoms with Gasteiger partial charge in [-0.2, -0.15) is 0 Å². The van der Waals surface area contributed by atoms with Crippen LogP contribution in [0.4, 0.5) is 0 Å². The van der Waals surface area contributed by atoms with E-state index in [1.54, 1.807) is 0 Å². The smallest absolute Gasteiger partial charge is 0.115 e. The Balaban J connectivity index is 1.44. The molecule has 2 aliphatic carbocycles. The number of phenols is 1. The lowest BCUT2D eigenvalue weighted by atomic mass is 9.67. The van der Waals surface area contributed by atoms with Crippen molar-refractivity contribution in [2.24, 2.45) is 5.41 Å². The summed E-state index contributed by atoms with van der Waals surface area (Å²) in [5.74, 6) is 1.14. The third-order valence-corrected chi connectivity index (χ3v) is 6.62. The van der Waals surface area contributed by atoms with E-state index >= 15 is 0 Å². The van der Waals surface area contributed by atoms with E-state index in [-0.39, 0.29) is 5.41 Å². The molecule has 0 saturated heterocycles. The van der Waals surface area contributed by atoms with Gasteiger partial charge in [0.2, 0.25) is 0 Å². The summed E-state index contributed by atoms with van der Waals surface area (Å²) in [7, 11) is 0. The lowest BCUT2D eigenvalue weighted by molar-refractivity contribution is 0.186. The van der Waals surface area contributed by atoms with Crippen molar-refractivity contribution in [3.63, 3.8) is 0 Å². The van der Waals surface area contributed by atoms with Gasteiger partial charge < -0.3 is 5.11 Å². The van der Waals surface area contributed by atoms with Crippen LogP contribution in [0.3, 0.4) is 0 Å². The molecule has 0 aliphatic heterocycles. The molecule has 1 N–H and O–H groups in total. The van der Waals surface area contributed by atoms with E-state index < -0.39 is 0 Å². The first-order valence-electron chi connectivity index (χ1n) is 9.76. The van der Waals surface area contributed by atoms with Gasteiger partial charge in [-0.05, 0) is 89.7 Å². The van der Waals surface area contributed by atoms with Crippen LogP contribution in [0.15, 0.2) is 42.5 Å². The first-order chi connectivity index (χ1) is 11.8. The number of benzene rings is 2. The van der Waals surface area contributed by atoms with E-state index in [9.17, 15) is 5.11 Å². The number of rotatable bonds is 1. The Labute approximate surface area is 152 Å². The molecule has 1 spiro atoms. The minimum absolute atomic E-state index is 0.232. The lowest BCUT2D eigenvalue weighted by Gasteiger charge is -2.37. The molecule has 0 heterocycles. The summed E-state index contributed by atoms with van der Waals surface area (Å²) in [4.78, 5) is 0. The van der Waals surface area contributed by atoms with Gasteiger partial charge in [-0.1, -0.05) is 51.1 Å². The fourth-order valence-electron chi connectivity index (χ4n) is 4.99. The molecule has 1 heteroatoms. The van der Waals surface area contributed by atoms with E-state index in [0.717, 1.165) is 12.3 Å². The maximum atomic E-state index is 9.75. The second kappa shape index (κ2) is 5.90. The van der Waals surface area contributed by atoms with Gasteiger partial charge in [-0.25, -0.2) is 0 Å². The molecular weight excluding hydrogens is 304 g/mol. The van der Waals surface area contributed by atoms with Crippen LogP contribution in [0.1, 0.15) is 74.6 Å². The maximum Gasteiger partial charge on any atom is 0.115 e. The van der Waals surface area contributed by atoms with Crippen molar-refractivity contribution in [1.29, 1.82) is 0 Å². The number of aromatic hydroxyl groups is 1. The van der Waals surface area contributed by atoms with Gasteiger partial charge in [0.1, 0.15) is 5.75 Å². The summed E-state index contributed by atoms with van der Waals surface area (Å²) >= 11 is 0. The van der Waals surface area contributed by atoms with Gasteiger partial charge in [0, 0.05) is 0 Å². The summed E-state index contributed by atoms with van der Waals surface area (Å²) in [5, 5.41) is 9.75. The molecule has 0 aromatic heterocycles. The minimum atomic E-state index is 0.232. The molecule has 1 saturated carbocycles. The van der Waals surface area contributed by atoms with E-state index in [0.29, 0.717) is 11.2 Å². The van der Waals surface area contributed by atoms with Crippen LogP contribution in [0.25, 0.3) is 0 Å². The first kappa shape index (κ1) is 16.7. The zero-order chi connectivity index (χ0) is 17.7. The summed E-state index contributed by atoms with van der Waals surface area (Å²) in [6.45, 7) is 6.84. The molecule has 0 radical (unpaired) electrons. The zero-order valence-corrected chi connectivity index (χ0v) is 15.8. The second-order valence-electron chi connectivity index (χ2n) is 9.45. The third-order valence-electron chi connectivity index (χ3n) is 6.62. The largest absolute Gasteiger partial charge is 0.508 e. The molecule has 0 bridgehead atoms. The van der Waals surface area contributed by atoms with Gasteiger partial charge in [0.15, 0.2) is 0 Å². The molecule has 2 aliphatic rings. The third kappa shape index (κ3) is 3.21. The average molecular weight is 335 g/mol. The monoisotopic (exact) mass is 334 g/mol. The summed E-state index contributed by atoms with van der Waals surface area (Å²) < 4.78 is 0. The zero-order valence-electron chi connectivity index (χ0n) is 15.8. The average Bonchev–Trinajstić information content (AvgIpc) is 2.92. The van der Waals surface area contributed by atoms with Gasteiger partial charge in [-0.15, -0.1) is 0 Å². The van der Waals surface area contributed by atoms with E-state index in [1.807, 2.05) is 12.1 Å². The van der Waals surface area contributed by atoms with Crippen molar-refractivity contribution in [2.75, 3.05) is 0 Å². The number of hydrogen-bond acceptors (Lipinski definition) is 1. The molecule has 1 fully saturated rings. The van der Waals surface area contributed by atoms with E-state index in [2.05, 4.69) is 51.1 Å². The number of phenolic OH excluding ortho intramolecular Hbond substituents is 1. The summed E-state index contributed by atoms with van der Waals surface area (Å²) in [6.07, 6.45) is 7.59. The number of fused-ring (bicyclic) bond motifs is 1. The molecule has 1 nitrogen and oxygen atoms in total. The highest BCUT2D eigenvalue weighted by atomic mass is 16.3. The molecule has 2 aromatic rings. The Hall–Kier alpha value is -1.76. The van der Waals surface area contributed by atoms with Crippen molar-refractivity contribution in [1.82, 2.24) is 0 Å². The predicted octanol–water partition coefficient (Wildman–Crippen LogP) is 6.13. The quantitative estimate of drug-likeness (QED) is 0.665. The summed E-state index contributed by atoms with van der Waals surface area (Å²) in [5.41, 5.74) is 6.48. The van der Waals surface area contributed by atoms with Crippen molar-refractivity contribution >= 4 is 0 Å². The minimum Gasteiger partial charge on any atom is -0.508 e. The SMILES string of the molecule is CC(C)(C)c1ccc(C2CCC3(CC2)Cc2ccc(O)cc2C3)cc1. The molecule has 2 aromatic carbocycles. The van der Waals surface area contributed by atoms with Crippen LogP contribution in [0.5, 0.6) is 5.75 Å². The topological polar surface area (TPSA) is 20.2 Å². The van der Waals surface area contributed by atoms with Gasteiger partial charge in [-0.3, -0.25) is 0 Å². The lowest BCUT2D eigenvalue weighted by Crippen LogP contribution is -2.27. The predicted molar refractivity (Wildman–Crippen MR) is 104 cm³/mol. The van der Waals surface area contributed by atoms with E-state index in [4.69, 9.17) is 0 Å². The maximum absolute atomic E-state index is 9.75. The first-order valence-corrected chi connectivity index (χ1v) is 9.76. The van der Waals surface area contributed by atoms with Crippen LogP contribution in [0, 0.1) is 5.41 Å². The fourth-order valence-corrected chi connectivity index (χ4v) is 4.99. The molecular formula is C24H30O. The van der Waals surface area contributed by atoms with Gasteiger partial charge in [0.25, 0.3) is 0 Å². The Bertz CT molecular complexity index is 756. The van der Waals surface area contributed by atoms with Crippen LogP contribution < -0.4 is 0 Å². The van der Waals surface area contributed by atoms with Crippen molar-refractivity contribution in [3.05, 3.63) is 64.7 Å². The van der Waals surface area contributed by atoms with Crippen molar-refractivity contribution in [2.45, 2.75) is 70.6 Å². The molecule has 132 valence electrons. The van der Waals surface area contributed by atoms with Crippen molar-refractivity contribution in [3.8, 4) is 5.75 Å². The standard InChI is InChI=1S/C24H30O/c1-23(2,3)21-7-4-17(5-8-21)18-10-12-24(13-11-18)15-19-6-9-22(25)14-20(19)16-24/h4-9,14,18,25H,10-13,15-16H2,1-3H3. The van der Waals surface area contributed by atoms with Crippen molar-refractivity contribution < 1.29 is 5.11 Å². The highest BCUT2D eigenvalue weighted by molar-refractivity contribution is 5.40. The second-order valence-corrected chi connectivity index (χ2v) is 9.45. The summed E-state index contributed by atoms with van der Waals surface area (Å²) in [6, 6.07) is 15.4. The normalized spacial score (nSPS) is 26.0. The van der Waals surface area contributed by atoms with Crippen LogP contribution in [-0.4, -0.2) is 5.11 Å². The highest BCUT2D eigenvalue weighted by Crippen LogP contribution is 2.51. The van der Waals surface area contributed by atoms with Gasteiger partial charge >= 0.3 is 0 Å². The number of hydrogen-bond donors (Lipinski definition) is 1. The Morgan fingerprint density at radius 3 is 2.16 bits per heavy atom. The van der Waals surface area contributed by atoms with E-state index in [1.165, 1.54) is 54.4 Å². The molecule has 4 rings (SSSR count). The highest BCUT2D eigenvalue weighted by Gasteiger charge is 2.40. The molecule has 0 unspecified atom stereocenters. The Kier molecular flexibility index (Phi) is 3.94. The molecule has 25 heavy (non-hydrogen) atoms. The van der Waals surface area contributed by atoms with Gasteiger partial charge in [0.05, 0.1) is 0 Å². The Morgan fingerprint density at radius 2 is 1.52 bits per heavy atom. The van der Waals surface area contributed by atoms with Crippen LogP contribution in [-0.2, 0) is 18.3 Å². The van der Waals surface area contributed by atoms with Crippen LogP contribution in [0.2, 0.25) is 0 Å².